The topological polar surface area (TPSA) is 90.0 Å². The molecule has 0 aromatic heterocycles. The SMILES string of the molecule is CCC(C(=O)NCC(C)C)N(Cc1ccccc1)C(=O)CN(c1ccccc1F)S(=O)(=O)N(C)C. The van der Waals surface area contributed by atoms with Gasteiger partial charge in [0, 0.05) is 27.2 Å². The number of amides is 2. The van der Waals surface area contributed by atoms with Crippen LogP contribution in [0.3, 0.4) is 0 Å². The molecule has 0 bridgehead atoms. The fourth-order valence-electron chi connectivity index (χ4n) is 3.48. The lowest BCUT2D eigenvalue weighted by molar-refractivity contribution is -0.140. The molecule has 0 radical (unpaired) electrons. The van der Waals surface area contributed by atoms with Crippen molar-refractivity contribution < 1.29 is 22.4 Å². The van der Waals surface area contributed by atoms with Crippen LogP contribution in [0.15, 0.2) is 54.6 Å². The fourth-order valence-corrected chi connectivity index (χ4v) is 4.54. The van der Waals surface area contributed by atoms with Crippen molar-refractivity contribution in [3.8, 4) is 0 Å². The number of rotatable bonds is 12. The van der Waals surface area contributed by atoms with E-state index in [2.05, 4.69) is 5.32 Å². The lowest BCUT2D eigenvalue weighted by Crippen LogP contribution is -2.53. The molecular weight excluding hydrogens is 471 g/mol. The van der Waals surface area contributed by atoms with Crippen LogP contribution in [0.4, 0.5) is 10.1 Å². The van der Waals surface area contributed by atoms with Crippen molar-refractivity contribution in [1.82, 2.24) is 14.5 Å². The molecule has 1 atom stereocenters. The molecule has 8 nitrogen and oxygen atoms in total. The smallest absolute Gasteiger partial charge is 0.304 e. The third-order valence-electron chi connectivity index (χ3n) is 5.41. The average Bonchev–Trinajstić information content (AvgIpc) is 2.82. The standard InChI is InChI=1S/C25H35FN4O4S/c1-6-22(25(32)27-16-19(2)3)29(17-20-12-8-7-9-13-20)24(31)18-30(35(33,34)28(4)5)23-15-11-10-14-21(23)26/h7-15,19,22H,6,16-18H2,1-5H3,(H,27,32). The second-order valence-electron chi connectivity index (χ2n) is 8.82. The summed E-state index contributed by atoms with van der Waals surface area (Å²) in [6.07, 6.45) is 0.322. The second-order valence-corrected chi connectivity index (χ2v) is 10.9. The summed E-state index contributed by atoms with van der Waals surface area (Å²) in [5.74, 6) is -1.49. The Kier molecular flexibility index (Phi) is 10.2. The maximum Gasteiger partial charge on any atom is 0.304 e. The number of hydrogen-bond acceptors (Lipinski definition) is 4. The third-order valence-corrected chi connectivity index (χ3v) is 7.21. The van der Waals surface area contributed by atoms with Gasteiger partial charge < -0.3 is 10.2 Å². The Balaban J connectivity index is 2.47. The summed E-state index contributed by atoms with van der Waals surface area (Å²) < 4.78 is 42.5. The molecule has 0 saturated heterocycles. The van der Waals surface area contributed by atoms with E-state index in [9.17, 15) is 22.4 Å². The monoisotopic (exact) mass is 506 g/mol. The molecule has 0 spiro atoms. The van der Waals surface area contributed by atoms with Gasteiger partial charge in [0.05, 0.1) is 5.69 Å². The Morgan fingerprint density at radius 3 is 2.14 bits per heavy atom. The Bertz CT molecular complexity index is 1090. The van der Waals surface area contributed by atoms with E-state index in [0.29, 0.717) is 13.0 Å². The molecule has 0 aliphatic heterocycles. The highest BCUT2D eigenvalue weighted by molar-refractivity contribution is 7.90. The van der Waals surface area contributed by atoms with E-state index in [4.69, 9.17) is 0 Å². The highest BCUT2D eigenvalue weighted by Crippen LogP contribution is 2.24. The molecule has 0 heterocycles. The molecule has 1 unspecified atom stereocenters. The first-order chi connectivity index (χ1) is 16.5. The molecule has 0 fully saturated rings. The first kappa shape index (κ1) is 28.3. The third kappa shape index (κ3) is 7.50. The number of halogens is 1. The van der Waals surface area contributed by atoms with Gasteiger partial charge in [0.2, 0.25) is 11.8 Å². The van der Waals surface area contributed by atoms with Crippen molar-refractivity contribution in [2.24, 2.45) is 5.92 Å². The normalized spacial score (nSPS) is 12.5. The summed E-state index contributed by atoms with van der Waals surface area (Å²) in [4.78, 5) is 28.0. The van der Waals surface area contributed by atoms with Crippen molar-refractivity contribution in [3.63, 3.8) is 0 Å². The molecule has 0 aliphatic rings. The van der Waals surface area contributed by atoms with E-state index in [1.807, 2.05) is 44.2 Å². The van der Waals surface area contributed by atoms with E-state index in [1.165, 1.54) is 37.2 Å². The molecule has 1 N–H and O–H groups in total. The zero-order chi connectivity index (χ0) is 26.2. The Labute approximate surface area is 207 Å². The van der Waals surface area contributed by atoms with Crippen LogP contribution in [-0.4, -0.2) is 62.7 Å². The van der Waals surface area contributed by atoms with E-state index >= 15 is 0 Å². The van der Waals surface area contributed by atoms with Gasteiger partial charge in [0.15, 0.2) is 0 Å². The van der Waals surface area contributed by atoms with Gasteiger partial charge in [-0.15, -0.1) is 0 Å². The molecule has 192 valence electrons. The Morgan fingerprint density at radius 1 is 1.00 bits per heavy atom. The molecular formula is C25H35FN4O4S. The minimum absolute atomic E-state index is 0.0976. The molecule has 2 aromatic carbocycles. The summed E-state index contributed by atoms with van der Waals surface area (Å²) in [6, 6.07) is 13.7. The van der Waals surface area contributed by atoms with Crippen LogP contribution in [0.2, 0.25) is 0 Å². The van der Waals surface area contributed by atoms with E-state index < -0.39 is 34.5 Å². The van der Waals surface area contributed by atoms with Gasteiger partial charge in [0.25, 0.3) is 0 Å². The van der Waals surface area contributed by atoms with Gasteiger partial charge in [-0.2, -0.15) is 12.7 Å². The van der Waals surface area contributed by atoms with Crippen LogP contribution in [0, 0.1) is 11.7 Å². The maximum absolute atomic E-state index is 14.6. The Morgan fingerprint density at radius 2 is 1.60 bits per heavy atom. The average molecular weight is 507 g/mol. The highest BCUT2D eigenvalue weighted by Gasteiger charge is 2.34. The number of hydrogen-bond donors (Lipinski definition) is 1. The van der Waals surface area contributed by atoms with Gasteiger partial charge >= 0.3 is 10.2 Å². The van der Waals surface area contributed by atoms with Gasteiger partial charge in [-0.1, -0.05) is 63.2 Å². The van der Waals surface area contributed by atoms with Crippen molar-refractivity contribution in [2.75, 3.05) is 31.5 Å². The lowest BCUT2D eigenvalue weighted by atomic mass is 10.1. The summed E-state index contributed by atoms with van der Waals surface area (Å²) >= 11 is 0. The lowest BCUT2D eigenvalue weighted by Gasteiger charge is -2.34. The van der Waals surface area contributed by atoms with Crippen molar-refractivity contribution in [3.05, 3.63) is 66.0 Å². The summed E-state index contributed by atoms with van der Waals surface area (Å²) in [5.41, 5.74) is 0.537. The zero-order valence-corrected chi connectivity index (χ0v) is 21.8. The van der Waals surface area contributed by atoms with Crippen LogP contribution in [0.1, 0.15) is 32.8 Å². The number of nitrogens with zero attached hydrogens (tertiary/aromatic N) is 3. The van der Waals surface area contributed by atoms with Crippen LogP contribution in [0.25, 0.3) is 0 Å². The van der Waals surface area contributed by atoms with E-state index in [0.717, 1.165) is 20.2 Å². The zero-order valence-electron chi connectivity index (χ0n) is 20.9. The predicted molar refractivity (Wildman–Crippen MR) is 135 cm³/mol. The molecule has 2 aromatic rings. The Hall–Kier alpha value is -2.98. The number of carbonyl (C=O) groups excluding carboxylic acids is 2. The number of anilines is 1. The van der Waals surface area contributed by atoms with Crippen molar-refractivity contribution >= 4 is 27.7 Å². The molecule has 0 saturated carbocycles. The minimum Gasteiger partial charge on any atom is -0.354 e. The molecule has 35 heavy (non-hydrogen) atoms. The van der Waals surface area contributed by atoms with Crippen molar-refractivity contribution in [1.29, 1.82) is 0 Å². The number of nitrogens with one attached hydrogen (secondary N) is 1. The van der Waals surface area contributed by atoms with E-state index in [1.54, 1.807) is 6.92 Å². The van der Waals surface area contributed by atoms with Gasteiger partial charge in [0.1, 0.15) is 18.4 Å². The van der Waals surface area contributed by atoms with Gasteiger partial charge in [-0.25, -0.2) is 8.70 Å². The molecule has 2 rings (SSSR count). The maximum atomic E-state index is 14.6. The first-order valence-electron chi connectivity index (χ1n) is 11.5. The predicted octanol–water partition coefficient (Wildman–Crippen LogP) is 3.02. The summed E-state index contributed by atoms with van der Waals surface area (Å²) in [5, 5.41) is 2.86. The molecule has 2 amide bonds. The quantitative estimate of drug-likeness (QED) is 0.479. The molecule has 0 aliphatic carbocycles. The summed E-state index contributed by atoms with van der Waals surface area (Å²) in [7, 11) is -1.59. The van der Waals surface area contributed by atoms with Crippen LogP contribution < -0.4 is 9.62 Å². The van der Waals surface area contributed by atoms with Crippen LogP contribution in [0.5, 0.6) is 0 Å². The van der Waals surface area contributed by atoms with Gasteiger partial charge in [-0.3, -0.25) is 9.59 Å². The van der Waals surface area contributed by atoms with Crippen LogP contribution in [-0.2, 0) is 26.3 Å². The fraction of sp³-hybridized carbons (Fsp3) is 0.440. The second kappa shape index (κ2) is 12.6. The number of carbonyl (C=O) groups is 2. The number of para-hydroxylation sites is 1. The minimum atomic E-state index is -4.21. The first-order valence-corrected chi connectivity index (χ1v) is 12.9. The van der Waals surface area contributed by atoms with Crippen LogP contribution >= 0.6 is 0 Å². The highest BCUT2D eigenvalue weighted by atomic mass is 32.2. The largest absolute Gasteiger partial charge is 0.354 e. The molecule has 10 heteroatoms. The van der Waals surface area contributed by atoms with Gasteiger partial charge in [-0.05, 0) is 30.0 Å². The van der Waals surface area contributed by atoms with E-state index in [-0.39, 0.29) is 24.1 Å². The summed E-state index contributed by atoms with van der Waals surface area (Å²) in [6.45, 7) is 5.59. The number of benzene rings is 2. The van der Waals surface area contributed by atoms with Crippen molar-refractivity contribution in [2.45, 2.75) is 39.8 Å².